The number of nitrogens with zero attached hydrogens (tertiary/aromatic N) is 1. The molecule has 0 aliphatic carbocycles. The largest absolute Gasteiger partial charge is 0.361 e. The van der Waals surface area contributed by atoms with E-state index in [-0.39, 0.29) is 5.91 Å². The van der Waals surface area contributed by atoms with Crippen LogP contribution >= 0.6 is 0 Å². The Morgan fingerprint density at radius 2 is 2.29 bits per heavy atom. The van der Waals surface area contributed by atoms with Gasteiger partial charge in [-0.1, -0.05) is 19.1 Å². The minimum absolute atomic E-state index is 0.151. The number of benzene rings is 1. The number of aromatic nitrogens is 1. The van der Waals surface area contributed by atoms with Crippen molar-refractivity contribution in [3.8, 4) is 0 Å². The number of amides is 1. The lowest BCUT2D eigenvalue weighted by Crippen LogP contribution is -2.49. The molecular formula is C17H23N3O. The molecular weight excluding hydrogens is 262 g/mol. The van der Waals surface area contributed by atoms with Crippen LogP contribution in [0.1, 0.15) is 36.5 Å². The second-order valence-corrected chi connectivity index (χ2v) is 5.75. The van der Waals surface area contributed by atoms with E-state index in [1.54, 1.807) is 0 Å². The van der Waals surface area contributed by atoms with E-state index in [0.29, 0.717) is 6.04 Å². The van der Waals surface area contributed by atoms with Crippen molar-refractivity contribution in [2.24, 2.45) is 0 Å². The molecule has 1 aromatic carbocycles. The number of piperidine rings is 1. The summed E-state index contributed by atoms with van der Waals surface area (Å²) in [6.45, 7) is 4.93. The van der Waals surface area contributed by atoms with Gasteiger partial charge >= 0.3 is 0 Å². The quantitative estimate of drug-likeness (QED) is 0.907. The molecule has 21 heavy (non-hydrogen) atoms. The van der Waals surface area contributed by atoms with Crippen LogP contribution in [0.5, 0.6) is 0 Å². The molecule has 3 rings (SSSR count). The van der Waals surface area contributed by atoms with Gasteiger partial charge in [0.25, 0.3) is 5.91 Å². The maximum Gasteiger partial charge on any atom is 0.256 e. The fourth-order valence-corrected chi connectivity index (χ4v) is 3.21. The van der Waals surface area contributed by atoms with Gasteiger partial charge in [0.05, 0.1) is 11.1 Å². The van der Waals surface area contributed by atoms with E-state index in [9.17, 15) is 4.79 Å². The number of para-hydroxylation sites is 1. The second-order valence-electron chi connectivity index (χ2n) is 5.75. The SMILES string of the molecule is CCCN(C(=O)c1cccc2cc[nH]c12)C1CCCNC1. The first-order chi connectivity index (χ1) is 10.3. The Hall–Kier alpha value is -1.81. The molecule has 1 saturated heterocycles. The van der Waals surface area contributed by atoms with Gasteiger partial charge in [-0.3, -0.25) is 4.79 Å². The van der Waals surface area contributed by atoms with E-state index in [4.69, 9.17) is 0 Å². The molecule has 1 amide bonds. The molecule has 0 saturated carbocycles. The van der Waals surface area contributed by atoms with Crippen molar-refractivity contribution in [1.82, 2.24) is 15.2 Å². The Labute approximate surface area is 125 Å². The first kappa shape index (κ1) is 14.1. The Bertz CT molecular complexity index is 613. The lowest BCUT2D eigenvalue weighted by atomic mass is 10.0. The highest BCUT2D eigenvalue weighted by Crippen LogP contribution is 2.21. The fourth-order valence-electron chi connectivity index (χ4n) is 3.21. The van der Waals surface area contributed by atoms with Gasteiger partial charge in [-0.25, -0.2) is 0 Å². The van der Waals surface area contributed by atoms with E-state index in [2.05, 4.69) is 22.1 Å². The molecule has 1 aliphatic rings. The normalized spacial score (nSPS) is 18.8. The predicted octanol–water partition coefficient (Wildman–Crippen LogP) is 2.77. The molecule has 1 aromatic heterocycles. The first-order valence-corrected chi connectivity index (χ1v) is 7.89. The van der Waals surface area contributed by atoms with Gasteiger partial charge in [-0.15, -0.1) is 0 Å². The van der Waals surface area contributed by atoms with Crippen molar-refractivity contribution >= 4 is 16.8 Å². The van der Waals surface area contributed by atoms with Gasteiger partial charge in [0.15, 0.2) is 0 Å². The van der Waals surface area contributed by atoms with E-state index in [1.165, 1.54) is 0 Å². The van der Waals surface area contributed by atoms with Crippen LogP contribution in [0.15, 0.2) is 30.5 Å². The molecule has 1 aliphatic heterocycles. The average molecular weight is 285 g/mol. The van der Waals surface area contributed by atoms with Crippen LogP contribution in [0, 0.1) is 0 Å². The molecule has 4 heteroatoms. The number of nitrogens with one attached hydrogen (secondary N) is 2. The van der Waals surface area contributed by atoms with E-state index in [1.807, 2.05) is 30.5 Å². The van der Waals surface area contributed by atoms with Crippen LogP contribution in [0.3, 0.4) is 0 Å². The van der Waals surface area contributed by atoms with Crippen molar-refractivity contribution in [3.05, 3.63) is 36.0 Å². The van der Waals surface area contributed by atoms with Crippen LogP contribution in [-0.4, -0.2) is 41.5 Å². The van der Waals surface area contributed by atoms with Gasteiger partial charge in [-0.2, -0.15) is 0 Å². The lowest BCUT2D eigenvalue weighted by Gasteiger charge is -2.34. The first-order valence-electron chi connectivity index (χ1n) is 7.89. The predicted molar refractivity (Wildman–Crippen MR) is 85.5 cm³/mol. The van der Waals surface area contributed by atoms with Crippen LogP contribution in [0.4, 0.5) is 0 Å². The highest BCUT2D eigenvalue weighted by molar-refractivity contribution is 6.05. The molecule has 2 N–H and O–H groups in total. The Kier molecular flexibility index (Phi) is 4.25. The minimum atomic E-state index is 0.151. The molecule has 1 unspecified atom stereocenters. The van der Waals surface area contributed by atoms with Crippen LogP contribution in [-0.2, 0) is 0 Å². The number of carbonyl (C=O) groups is 1. The van der Waals surface area contributed by atoms with E-state index < -0.39 is 0 Å². The summed E-state index contributed by atoms with van der Waals surface area (Å²) in [5, 5.41) is 4.51. The van der Waals surface area contributed by atoms with Crippen LogP contribution in [0.2, 0.25) is 0 Å². The third-order valence-corrected chi connectivity index (χ3v) is 4.25. The number of fused-ring (bicyclic) bond motifs is 1. The van der Waals surface area contributed by atoms with Gasteiger partial charge in [-0.05, 0) is 37.9 Å². The maximum atomic E-state index is 13.0. The Balaban J connectivity index is 1.91. The van der Waals surface area contributed by atoms with Crippen molar-refractivity contribution < 1.29 is 4.79 Å². The zero-order valence-corrected chi connectivity index (χ0v) is 12.6. The summed E-state index contributed by atoms with van der Waals surface area (Å²) in [7, 11) is 0. The second kappa shape index (κ2) is 6.31. The summed E-state index contributed by atoms with van der Waals surface area (Å²) in [5.74, 6) is 0.151. The fraction of sp³-hybridized carbons (Fsp3) is 0.471. The third-order valence-electron chi connectivity index (χ3n) is 4.25. The summed E-state index contributed by atoms with van der Waals surface area (Å²) in [4.78, 5) is 18.3. The minimum Gasteiger partial charge on any atom is -0.361 e. The van der Waals surface area contributed by atoms with E-state index in [0.717, 1.165) is 55.4 Å². The van der Waals surface area contributed by atoms with Gasteiger partial charge in [0.2, 0.25) is 0 Å². The molecule has 1 atom stereocenters. The topological polar surface area (TPSA) is 48.1 Å². The van der Waals surface area contributed by atoms with Crippen molar-refractivity contribution in [2.45, 2.75) is 32.2 Å². The molecule has 1 fully saturated rings. The molecule has 2 aromatic rings. The smallest absolute Gasteiger partial charge is 0.256 e. The number of aromatic amines is 1. The third kappa shape index (κ3) is 2.81. The van der Waals surface area contributed by atoms with E-state index >= 15 is 0 Å². The average Bonchev–Trinajstić information content (AvgIpc) is 3.01. The number of hydrogen-bond acceptors (Lipinski definition) is 2. The summed E-state index contributed by atoms with van der Waals surface area (Å²) in [5.41, 5.74) is 1.74. The summed E-state index contributed by atoms with van der Waals surface area (Å²) >= 11 is 0. The molecule has 2 heterocycles. The van der Waals surface area contributed by atoms with Crippen molar-refractivity contribution in [1.29, 1.82) is 0 Å². The zero-order chi connectivity index (χ0) is 14.7. The lowest BCUT2D eigenvalue weighted by molar-refractivity contribution is 0.0651. The molecule has 4 nitrogen and oxygen atoms in total. The number of carbonyl (C=O) groups excluding carboxylic acids is 1. The highest BCUT2D eigenvalue weighted by Gasteiger charge is 2.26. The monoisotopic (exact) mass is 285 g/mol. The summed E-state index contributed by atoms with van der Waals surface area (Å²) < 4.78 is 0. The standard InChI is InChI=1S/C17H23N3O/c1-2-11-20(14-6-4-9-18-12-14)17(21)15-7-3-5-13-8-10-19-16(13)15/h3,5,7-8,10,14,18-19H,2,4,6,9,11-12H2,1H3. The maximum absolute atomic E-state index is 13.0. The number of H-pyrrole nitrogens is 1. The summed E-state index contributed by atoms with van der Waals surface area (Å²) in [6.07, 6.45) is 5.13. The zero-order valence-electron chi connectivity index (χ0n) is 12.6. The Morgan fingerprint density at radius 1 is 1.38 bits per heavy atom. The van der Waals surface area contributed by atoms with Crippen LogP contribution < -0.4 is 5.32 Å². The number of rotatable bonds is 4. The van der Waals surface area contributed by atoms with Crippen molar-refractivity contribution in [2.75, 3.05) is 19.6 Å². The Morgan fingerprint density at radius 3 is 3.05 bits per heavy atom. The highest BCUT2D eigenvalue weighted by atomic mass is 16.2. The van der Waals surface area contributed by atoms with Gasteiger partial charge in [0, 0.05) is 30.7 Å². The van der Waals surface area contributed by atoms with Gasteiger partial charge < -0.3 is 15.2 Å². The molecule has 0 radical (unpaired) electrons. The number of hydrogen-bond donors (Lipinski definition) is 2. The van der Waals surface area contributed by atoms with Gasteiger partial charge in [0.1, 0.15) is 0 Å². The molecule has 0 spiro atoms. The molecule has 0 bridgehead atoms. The van der Waals surface area contributed by atoms with Crippen molar-refractivity contribution in [3.63, 3.8) is 0 Å². The molecule has 112 valence electrons. The summed E-state index contributed by atoms with van der Waals surface area (Å²) in [6, 6.07) is 8.26. The van der Waals surface area contributed by atoms with Crippen LogP contribution in [0.25, 0.3) is 10.9 Å².